The SMILES string of the molecule is C[C@@H](NS(C)(=O)=O)c1ccc(-c2c(Cl)cc(N=CC=S)cc2C(F)(F)F)cc1. The summed E-state index contributed by atoms with van der Waals surface area (Å²) < 4.78 is 65.9. The van der Waals surface area contributed by atoms with E-state index in [1.165, 1.54) is 29.8 Å². The molecule has 0 saturated carbocycles. The van der Waals surface area contributed by atoms with Crippen molar-refractivity contribution in [1.29, 1.82) is 0 Å². The molecule has 0 aromatic heterocycles. The lowest BCUT2D eigenvalue weighted by Crippen LogP contribution is -2.25. The average molecular weight is 449 g/mol. The summed E-state index contributed by atoms with van der Waals surface area (Å²) in [5.74, 6) is 0. The fourth-order valence-corrected chi connectivity index (χ4v) is 3.79. The fraction of sp³-hybridized carbons (Fsp3) is 0.222. The van der Waals surface area contributed by atoms with E-state index in [1.54, 1.807) is 19.1 Å². The average Bonchev–Trinajstić information content (AvgIpc) is 2.57. The number of nitrogens with one attached hydrogen (secondary N) is 1. The molecular formula is C18H16ClF3N2O2S2. The summed E-state index contributed by atoms with van der Waals surface area (Å²) in [6, 6.07) is 7.72. The van der Waals surface area contributed by atoms with Crippen molar-refractivity contribution in [3.8, 4) is 11.1 Å². The Morgan fingerprint density at radius 3 is 2.32 bits per heavy atom. The number of sulfonamides is 1. The van der Waals surface area contributed by atoms with Crippen LogP contribution in [0.3, 0.4) is 0 Å². The zero-order valence-electron chi connectivity index (χ0n) is 14.8. The van der Waals surface area contributed by atoms with Crippen LogP contribution in [0.15, 0.2) is 41.4 Å². The quantitative estimate of drug-likeness (QED) is 0.479. The van der Waals surface area contributed by atoms with E-state index < -0.39 is 27.8 Å². The minimum atomic E-state index is -4.65. The molecule has 0 spiro atoms. The molecule has 0 bridgehead atoms. The van der Waals surface area contributed by atoms with Crippen LogP contribution in [0.1, 0.15) is 24.1 Å². The van der Waals surface area contributed by atoms with Gasteiger partial charge in [-0.3, -0.25) is 4.99 Å². The number of thiocarbonyl (C=S) groups is 1. The highest BCUT2D eigenvalue weighted by atomic mass is 35.5. The molecule has 0 fully saturated rings. The van der Waals surface area contributed by atoms with E-state index in [4.69, 9.17) is 11.6 Å². The van der Waals surface area contributed by atoms with Gasteiger partial charge in [0, 0.05) is 23.2 Å². The number of hydrogen-bond donors (Lipinski definition) is 1. The highest BCUT2D eigenvalue weighted by Gasteiger charge is 2.35. The molecule has 10 heteroatoms. The summed E-state index contributed by atoms with van der Waals surface area (Å²) in [6.07, 6.45) is -2.42. The Morgan fingerprint density at radius 2 is 1.82 bits per heavy atom. The van der Waals surface area contributed by atoms with Gasteiger partial charge < -0.3 is 0 Å². The minimum Gasteiger partial charge on any atom is -0.256 e. The van der Waals surface area contributed by atoms with E-state index >= 15 is 0 Å². The van der Waals surface area contributed by atoms with Gasteiger partial charge in [-0.2, -0.15) is 13.2 Å². The molecule has 0 aliphatic rings. The van der Waals surface area contributed by atoms with Gasteiger partial charge >= 0.3 is 6.18 Å². The summed E-state index contributed by atoms with van der Waals surface area (Å²) in [4.78, 5) is 3.83. The molecule has 0 unspecified atom stereocenters. The Labute approximate surface area is 171 Å². The molecule has 2 aromatic rings. The van der Waals surface area contributed by atoms with Gasteiger partial charge in [0.1, 0.15) is 0 Å². The number of halogens is 4. The van der Waals surface area contributed by atoms with E-state index in [2.05, 4.69) is 21.9 Å². The van der Waals surface area contributed by atoms with Crippen LogP contribution in [-0.4, -0.2) is 26.3 Å². The largest absolute Gasteiger partial charge is 0.417 e. The third-order valence-corrected chi connectivity index (χ3v) is 4.96. The number of alkyl halides is 3. The van der Waals surface area contributed by atoms with Crippen molar-refractivity contribution < 1.29 is 21.6 Å². The molecule has 28 heavy (non-hydrogen) atoms. The third-order valence-electron chi connectivity index (χ3n) is 3.76. The van der Waals surface area contributed by atoms with Crippen molar-refractivity contribution in [3.63, 3.8) is 0 Å². The van der Waals surface area contributed by atoms with Gasteiger partial charge in [-0.05, 0) is 30.2 Å². The second-order valence-corrected chi connectivity index (χ2v) is 8.46. The first kappa shape index (κ1) is 22.5. The van der Waals surface area contributed by atoms with Crippen molar-refractivity contribution in [3.05, 3.63) is 52.5 Å². The van der Waals surface area contributed by atoms with Crippen molar-refractivity contribution in [1.82, 2.24) is 4.72 Å². The van der Waals surface area contributed by atoms with Crippen LogP contribution in [0.25, 0.3) is 11.1 Å². The van der Waals surface area contributed by atoms with E-state index in [0.717, 1.165) is 12.3 Å². The number of hydrogen-bond acceptors (Lipinski definition) is 4. The first-order valence-corrected chi connectivity index (χ1v) is 10.6. The molecule has 0 aliphatic heterocycles. The maximum Gasteiger partial charge on any atom is 0.417 e. The van der Waals surface area contributed by atoms with Gasteiger partial charge in [0.15, 0.2) is 0 Å². The van der Waals surface area contributed by atoms with Gasteiger partial charge in [0.05, 0.1) is 22.5 Å². The Bertz CT molecular complexity index is 1000. The van der Waals surface area contributed by atoms with Crippen molar-refractivity contribution in [2.75, 3.05) is 6.26 Å². The maximum absolute atomic E-state index is 13.6. The zero-order chi connectivity index (χ0) is 21.1. The molecular weight excluding hydrogens is 433 g/mol. The zero-order valence-corrected chi connectivity index (χ0v) is 17.2. The predicted octanol–water partition coefficient (Wildman–Crippen LogP) is 5.34. The lowest BCUT2D eigenvalue weighted by molar-refractivity contribution is -0.137. The summed E-state index contributed by atoms with van der Waals surface area (Å²) in [6.45, 7) is 1.63. The van der Waals surface area contributed by atoms with Gasteiger partial charge in [0.2, 0.25) is 10.0 Å². The Hall–Kier alpha value is -1.81. The van der Waals surface area contributed by atoms with Crippen LogP contribution in [0.2, 0.25) is 5.02 Å². The van der Waals surface area contributed by atoms with Crippen LogP contribution in [0, 0.1) is 0 Å². The Morgan fingerprint density at radius 1 is 1.21 bits per heavy atom. The van der Waals surface area contributed by atoms with Gasteiger partial charge in [-0.1, -0.05) is 48.1 Å². The molecule has 150 valence electrons. The number of nitrogens with zero attached hydrogens (tertiary/aromatic N) is 1. The maximum atomic E-state index is 13.6. The van der Waals surface area contributed by atoms with E-state index in [0.29, 0.717) is 5.56 Å². The van der Waals surface area contributed by atoms with Gasteiger partial charge in [-0.25, -0.2) is 13.1 Å². The molecule has 0 amide bonds. The minimum absolute atomic E-state index is 0.0322. The molecule has 0 radical (unpaired) electrons. The molecule has 1 atom stereocenters. The van der Waals surface area contributed by atoms with Crippen LogP contribution in [-0.2, 0) is 16.2 Å². The first-order valence-electron chi connectivity index (χ1n) is 7.88. The predicted molar refractivity (Wildman–Crippen MR) is 110 cm³/mol. The molecule has 4 nitrogen and oxygen atoms in total. The van der Waals surface area contributed by atoms with Crippen LogP contribution in [0.4, 0.5) is 18.9 Å². The molecule has 0 aliphatic carbocycles. The highest BCUT2D eigenvalue weighted by Crippen LogP contribution is 2.43. The van der Waals surface area contributed by atoms with Gasteiger partial charge in [-0.15, -0.1) is 0 Å². The van der Waals surface area contributed by atoms with Crippen molar-refractivity contribution in [2.24, 2.45) is 4.99 Å². The first-order chi connectivity index (χ1) is 12.9. The standard InChI is InChI=1S/C18H16ClF3N2O2S2/c1-11(24-28(2,25)26)12-3-5-13(6-4-12)17-15(18(20,21)22)9-14(10-16(17)19)23-7-8-27/h3-11,24H,1-2H3/t11-/m1/s1. The topological polar surface area (TPSA) is 58.5 Å². The smallest absolute Gasteiger partial charge is 0.256 e. The molecule has 1 N–H and O–H groups in total. The fourth-order valence-electron chi connectivity index (χ4n) is 2.63. The summed E-state index contributed by atoms with van der Waals surface area (Å²) in [7, 11) is -3.42. The summed E-state index contributed by atoms with van der Waals surface area (Å²) in [5, 5.41) is 1.07. The Balaban J connectivity index is 2.52. The van der Waals surface area contributed by atoms with E-state index in [1.807, 2.05) is 0 Å². The van der Waals surface area contributed by atoms with Crippen molar-refractivity contribution >= 4 is 51.1 Å². The lowest BCUT2D eigenvalue weighted by Gasteiger charge is -2.17. The van der Waals surface area contributed by atoms with Gasteiger partial charge in [0.25, 0.3) is 0 Å². The second-order valence-electron chi connectivity index (χ2n) is 6.00. The second kappa shape index (κ2) is 8.69. The third kappa shape index (κ3) is 5.84. The molecule has 0 saturated heterocycles. The Kier molecular flexibility index (Phi) is 6.97. The summed E-state index contributed by atoms with van der Waals surface area (Å²) >= 11 is 10.7. The van der Waals surface area contributed by atoms with Crippen molar-refractivity contribution in [2.45, 2.75) is 19.1 Å². The summed E-state index contributed by atoms with van der Waals surface area (Å²) in [5.41, 5.74) is -0.221. The number of rotatable bonds is 6. The monoisotopic (exact) mass is 448 g/mol. The highest BCUT2D eigenvalue weighted by molar-refractivity contribution is 7.88. The molecule has 0 heterocycles. The number of aliphatic imine (C=N–C) groups is 1. The van der Waals surface area contributed by atoms with Crippen LogP contribution in [0.5, 0.6) is 0 Å². The normalized spacial score (nSPS) is 13.6. The van der Waals surface area contributed by atoms with E-state index in [9.17, 15) is 21.6 Å². The van der Waals surface area contributed by atoms with Crippen LogP contribution < -0.4 is 4.72 Å². The van der Waals surface area contributed by atoms with E-state index in [-0.39, 0.29) is 21.8 Å². The molecule has 2 aromatic carbocycles. The number of benzene rings is 2. The molecule has 2 rings (SSSR count). The lowest BCUT2D eigenvalue weighted by atomic mass is 9.96. The van der Waals surface area contributed by atoms with Crippen LogP contribution >= 0.6 is 23.8 Å².